The van der Waals surface area contributed by atoms with Crippen molar-refractivity contribution in [2.45, 2.75) is 22.3 Å². The zero-order valence-corrected chi connectivity index (χ0v) is 26.3. The summed E-state index contributed by atoms with van der Waals surface area (Å²) in [6.45, 7) is 0. The number of halogens is 2. The van der Waals surface area contributed by atoms with Crippen LogP contribution < -0.4 is 11.7 Å². The molecule has 2 aliphatic rings. The Hall–Kier alpha value is -5.16. The average Bonchev–Trinajstić information content (AvgIpc) is 3.05. The van der Waals surface area contributed by atoms with Crippen LogP contribution in [0.1, 0.15) is 46.2 Å². The van der Waals surface area contributed by atoms with Gasteiger partial charge in [-0.2, -0.15) is 27.0 Å². The van der Waals surface area contributed by atoms with Crippen molar-refractivity contribution < 1.29 is 34.7 Å². The number of rotatable bonds is 5. The maximum absolute atomic E-state index is 16.1. The van der Waals surface area contributed by atoms with Gasteiger partial charge in [-0.3, -0.25) is 19.9 Å². The van der Waals surface area contributed by atoms with E-state index in [9.17, 15) is 25.9 Å². The Labute approximate surface area is 273 Å². The van der Waals surface area contributed by atoms with E-state index in [2.05, 4.69) is 10.2 Å². The lowest BCUT2D eigenvalue weighted by atomic mass is 9.75. The first-order chi connectivity index (χ1) is 22.6. The van der Waals surface area contributed by atoms with Gasteiger partial charge in [0.2, 0.25) is 0 Å². The average molecular weight is 693 g/mol. The van der Waals surface area contributed by atoms with E-state index in [0.29, 0.717) is 0 Å². The van der Waals surface area contributed by atoms with Crippen molar-refractivity contribution >= 4 is 43.1 Å². The summed E-state index contributed by atoms with van der Waals surface area (Å²) in [5.74, 6) is 8.71. The molecule has 0 bridgehead atoms. The van der Waals surface area contributed by atoms with Crippen molar-refractivity contribution in [1.82, 2.24) is 0 Å². The van der Waals surface area contributed by atoms with Crippen LogP contribution >= 0.6 is 0 Å². The van der Waals surface area contributed by atoms with Gasteiger partial charge in [-0.1, -0.05) is 72.8 Å². The number of hydrogen-bond donors (Lipinski definition) is 6. The smallest absolute Gasteiger partial charge is 0.279 e. The van der Waals surface area contributed by atoms with E-state index in [1.807, 2.05) is 0 Å². The Balaban J connectivity index is 1.51. The zero-order valence-electron chi connectivity index (χ0n) is 24.6. The molecule has 246 valence electrons. The Bertz CT molecular complexity index is 2200. The van der Waals surface area contributed by atoms with E-state index in [0.717, 1.165) is 24.3 Å². The Morgan fingerprint density at radius 2 is 0.958 bits per heavy atom. The van der Waals surface area contributed by atoms with Gasteiger partial charge in [0.25, 0.3) is 20.2 Å². The minimum Gasteiger partial charge on any atom is -0.323 e. The number of hydrogen-bond acceptors (Lipinski definition) is 10. The second-order valence-corrected chi connectivity index (χ2v) is 14.6. The van der Waals surface area contributed by atoms with Crippen LogP contribution in [0.4, 0.5) is 8.78 Å². The monoisotopic (exact) mass is 692 g/mol. The second kappa shape index (κ2) is 11.2. The molecule has 2 atom stereocenters. The van der Waals surface area contributed by atoms with Gasteiger partial charge in [0.05, 0.1) is 22.8 Å². The van der Waals surface area contributed by atoms with E-state index < -0.39 is 65.3 Å². The second-order valence-electron chi connectivity index (χ2n) is 11.3. The lowest BCUT2D eigenvalue weighted by Crippen LogP contribution is -2.46. The van der Waals surface area contributed by atoms with Crippen molar-refractivity contribution in [2.24, 2.45) is 21.9 Å². The van der Waals surface area contributed by atoms with Crippen LogP contribution in [0.25, 0.3) is 11.1 Å². The first-order valence-corrected chi connectivity index (χ1v) is 17.0. The molecule has 0 radical (unpaired) electrons. The third kappa shape index (κ3) is 4.59. The van der Waals surface area contributed by atoms with Crippen molar-refractivity contribution in [3.63, 3.8) is 0 Å². The third-order valence-corrected chi connectivity index (χ3v) is 11.9. The van der Waals surface area contributed by atoms with Gasteiger partial charge in [0.1, 0.15) is 11.6 Å². The van der Waals surface area contributed by atoms with Crippen molar-refractivity contribution in [1.29, 1.82) is 10.8 Å². The maximum atomic E-state index is 16.1. The van der Waals surface area contributed by atoms with Crippen molar-refractivity contribution in [3.8, 4) is 11.1 Å². The Morgan fingerprint density at radius 1 is 0.604 bits per heavy atom. The predicted octanol–water partition coefficient (Wildman–Crippen LogP) is 4.07. The molecule has 8 N–H and O–H groups in total. The fourth-order valence-electron chi connectivity index (χ4n) is 6.74. The summed E-state index contributed by atoms with van der Waals surface area (Å²) in [6.07, 6.45) is -1.30. The van der Waals surface area contributed by atoms with Gasteiger partial charge in [-0.25, -0.2) is 8.78 Å². The summed E-state index contributed by atoms with van der Waals surface area (Å²) in [4.78, 5) is 0. The summed E-state index contributed by atoms with van der Waals surface area (Å²) >= 11 is 0. The molecule has 6 rings (SSSR count). The highest BCUT2D eigenvalue weighted by molar-refractivity contribution is 7.87. The summed E-state index contributed by atoms with van der Waals surface area (Å²) in [5.41, 5.74) is -1.62. The SMILES string of the molecule is N=C1C(=NN)CC(c2ccc(-c3ccc(C4(S(=O)(=O)O)CC(=NN)C(=N)c5ccccc54)c(F)c3)cc2F)(S(=O)(=O)O)c2ccccc21. The lowest BCUT2D eigenvalue weighted by Gasteiger charge is -2.37. The fraction of sp³-hybridized carbons (Fsp3) is 0.125. The molecule has 0 amide bonds. The number of fused-ring (bicyclic) bond motifs is 2. The van der Waals surface area contributed by atoms with Gasteiger partial charge >= 0.3 is 0 Å². The fourth-order valence-corrected chi connectivity index (χ4v) is 9.18. The number of nitrogens with one attached hydrogen (secondary N) is 2. The minimum atomic E-state index is -5.15. The van der Waals surface area contributed by atoms with Crippen LogP contribution in [0.3, 0.4) is 0 Å². The maximum Gasteiger partial charge on any atom is 0.279 e. The molecule has 0 saturated heterocycles. The number of nitrogens with two attached hydrogens (primary N) is 2. The van der Waals surface area contributed by atoms with Crippen molar-refractivity contribution in [3.05, 3.63) is 130 Å². The molecule has 0 fully saturated rings. The zero-order chi connectivity index (χ0) is 34.8. The van der Waals surface area contributed by atoms with E-state index in [4.69, 9.17) is 22.5 Å². The highest BCUT2D eigenvalue weighted by Crippen LogP contribution is 2.49. The molecular weight excluding hydrogens is 667 g/mol. The highest BCUT2D eigenvalue weighted by Gasteiger charge is 2.55. The Morgan fingerprint density at radius 3 is 1.27 bits per heavy atom. The van der Waals surface area contributed by atoms with Crippen LogP contribution in [-0.4, -0.2) is 48.8 Å². The molecule has 0 heterocycles. The molecule has 4 aromatic rings. The van der Waals surface area contributed by atoms with Crippen LogP contribution in [0.2, 0.25) is 0 Å². The summed E-state index contributed by atoms with van der Waals surface area (Å²) in [6, 6.07) is 18.2. The van der Waals surface area contributed by atoms with Gasteiger partial charge < -0.3 is 11.7 Å². The first kappa shape index (κ1) is 32.8. The van der Waals surface area contributed by atoms with E-state index in [-0.39, 0.29) is 56.2 Å². The third-order valence-electron chi connectivity index (χ3n) is 9.01. The van der Waals surface area contributed by atoms with Crippen molar-refractivity contribution in [2.75, 3.05) is 0 Å². The van der Waals surface area contributed by atoms with Crippen LogP contribution in [0, 0.1) is 22.5 Å². The van der Waals surface area contributed by atoms with Gasteiger partial charge in [-0.05, 0) is 34.4 Å². The number of nitrogens with zero attached hydrogens (tertiary/aromatic N) is 2. The lowest BCUT2D eigenvalue weighted by molar-refractivity contribution is 0.439. The highest BCUT2D eigenvalue weighted by atomic mass is 32.2. The molecule has 16 heteroatoms. The molecule has 48 heavy (non-hydrogen) atoms. The molecular formula is C32H26F2N6O6S2. The molecule has 0 aromatic heterocycles. The van der Waals surface area contributed by atoms with Gasteiger partial charge in [0, 0.05) is 35.1 Å². The normalized spacial score (nSPS) is 22.8. The largest absolute Gasteiger partial charge is 0.323 e. The number of benzene rings is 4. The van der Waals surface area contributed by atoms with Crippen LogP contribution in [0.5, 0.6) is 0 Å². The number of hydrazone groups is 2. The standard InChI is InChI=1S/C32H26F2N6O6S2/c33-25-13-17(9-11-23(25)31(47(41,42)43)15-27(39-37)29(35)19-5-1-3-7-21(19)31)18-10-12-24(26(34)14-18)32(48(44,45)46)16-28(40-38)30(36)20-6-2-4-8-22(20)32/h1-14,35-36H,15-16,37-38H2,(H,41,42,43)(H,44,45,46). The molecule has 12 nitrogen and oxygen atoms in total. The molecule has 2 unspecified atom stereocenters. The molecule has 0 aliphatic heterocycles. The topological polar surface area (TPSA) is 233 Å². The summed E-state index contributed by atoms with van der Waals surface area (Å²) < 4.78 is 101. The minimum absolute atomic E-state index is 0.0488. The van der Waals surface area contributed by atoms with Gasteiger partial charge in [-0.15, -0.1) is 0 Å². The molecule has 0 saturated carbocycles. The van der Waals surface area contributed by atoms with E-state index in [1.54, 1.807) is 0 Å². The quantitative estimate of drug-likeness (QED) is 0.101. The van der Waals surface area contributed by atoms with E-state index >= 15 is 8.78 Å². The van der Waals surface area contributed by atoms with E-state index in [1.165, 1.54) is 60.7 Å². The summed E-state index contributed by atoms with van der Waals surface area (Å²) in [7, 11) is -10.3. The molecule has 0 spiro atoms. The Kier molecular flexibility index (Phi) is 7.66. The molecule has 4 aromatic carbocycles. The summed E-state index contributed by atoms with van der Waals surface area (Å²) in [5, 5.41) is 23.9. The van der Waals surface area contributed by atoms with Gasteiger partial charge in [0.15, 0.2) is 9.49 Å². The van der Waals surface area contributed by atoms with Crippen LogP contribution in [-0.2, 0) is 29.7 Å². The van der Waals surface area contributed by atoms with Crippen LogP contribution in [0.15, 0.2) is 95.1 Å². The first-order valence-electron chi connectivity index (χ1n) is 14.1. The predicted molar refractivity (Wildman–Crippen MR) is 175 cm³/mol. The molecule has 2 aliphatic carbocycles.